The Hall–Kier alpha value is -3.51. The number of carbonyl (C=O) groups is 1. The molecule has 0 aliphatic rings. The topological polar surface area (TPSA) is 72.7 Å². The van der Waals surface area contributed by atoms with Crippen LogP contribution in [0.5, 0.6) is 0 Å². The summed E-state index contributed by atoms with van der Waals surface area (Å²) in [4.78, 5) is 25.8. The lowest BCUT2D eigenvalue weighted by Gasteiger charge is -2.37. The summed E-state index contributed by atoms with van der Waals surface area (Å²) in [5, 5.41) is 11.4. The van der Waals surface area contributed by atoms with E-state index in [9.17, 15) is 14.9 Å². The van der Waals surface area contributed by atoms with Gasteiger partial charge < -0.3 is 4.74 Å². The first-order valence-electron chi connectivity index (χ1n) is 10.7. The van der Waals surface area contributed by atoms with Gasteiger partial charge in [-0.1, -0.05) is 72.8 Å². The lowest BCUT2D eigenvalue weighted by Crippen LogP contribution is -2.33. The van der Waals surface area contributed by atoms with E-state index in [-0.39, 0.29) is 30.7 Å². The van der Waals surface area contributed by atoms with Crippen LogP contribution in [0.15, 0.2) is 84.9 Å². The number of ether oxygens (including phenoxy) is 1. The molecule has 0 saturated heterocycles. The van der Waals surface area contributed by atoms with E-state index in [0.29, 0.717) is 12.1 Å². The second-order valence-electron chi connectivity index (χ2n) is 7.62. The third kappa shape index (κ3) is 6.02. The van der Waals surface area contributed by atoms with Gasteiger partial charge >= 0.3 is 5.97 Å². The van der Waals surface area contributed by atoms with Gasteiger partial charge in [0.1, 0.15) is 0 Å². The molecule has 0 aliphatic carbocycles. The van der Waals surface area contributed by atoms with E-state index in [0.717, 1.165) is 11.1 Å². The molecular weight excluding hydrogens is 404 g/mol. The molecule has 0 amide bonds. The standard InChI is InChI=1S/C26H28N2O4/c1-3-32-26(29)18-25(23-15-10-16-24(17-23)28(30)31)27(19-21-11-6-4-7-12-21)20(2)22-13-8-5-9-14-22/h4-17,20,25H,3,18-19H2,1-2H3/t20-,25+/m1/s1. The minimum atomic E-state index is -0.410. The molecule has 0 fully saturated rings. The first-order valence-corrected chi connectivity index (χ1v) is 10.7. The van der Waals surface area contributed by atoms with Crippen molar-refractivity contribution in [3.63, 3.8) is 0 Å². The summed E-state index contributed by atoms with van der Waals surface area (Å²) in [6.07, 6.45) is 0.0962. The highest BCUT2D eigenvalue weighted by atomic mass is 16.6. The third-order valence-corrected chi connectivity index (χ3v) is 5.52. The van der Waals surface area contributed by atoms with Crippen LogP contribution in [0.2, 0.25) is 0 Å². The highest BCUT2D eigenvalue weighted by Crippen LogP contribution is 2.36. The summed E-state index contributed by atoms with van der Waals surface area (Å²) in [6, 6.07) is 26.1. The lowest BCUT2D eigenvalue weighted by atomic mass is 9.96. The second-order valence-corrected chi connectivity index (χ2v) is 7.62. The van der Waals surface area contributed by atoms with Crippen molar-refractivity contribution in [3.8, 4) is 0 Å². The van der Waals surface area contributed by atoms with Crippen LogP contribution in [0.3, 0.4) is 0 Å². The summed E-state index contributed by atoms with van der Waals surface area (Å²) in [5.74, 6) is -0.331. The molecule has 0 radical (unpaired) electrons. The predicted octanol–water partition coefficient (Wildman–Crippen LogP) is 5.85. The maximum Gasteiger partial charge on any atom is 0.307 e. The van der Waals surface area contributed by atoms with Gasteiger partial charge in [-0.2, -0.15) is 0 Å². The molecule has 0 N–H and O–H groups in total. The van der Waals surface area contributed by atoms with Crippen LogP contribution < -0.4 is 0 Å². The Morgan fingerprint density at radius 2 is 1.59 bits per heavy atom. The third-order valence-electron chi connectivity index (χ3n) is 5.52. The van der Waals surface area contributed by atoms with Crippen LogP contribution in [0.4, 0.5) is 5.69 Å². The second kappa shape index (κ2) is 11.2. The minimum Gasteiger partial charge on any atom is -0.466 e. The summed E-state index contributed by atoms with van der Waals surface area (Å²) >= 11 is 0. The van der Waals surface area contributed by atoms with E-state index in [4.69, 9.17) is 4.74 Å². The molecule has 3 aromatic carbocycles. The fourth-order valence-electron chi connectivity index (χ4n) is 3.88. The van der Waals surface area contributed by atoms with Crippen LogP contribution in [0.25, 0.3) is 0 Å². The number of rotatable bonds is 10. The smallest absolute Gasteiger partial charge is 0.307 e. The van der Waals surface area contributed by atoms with E-state index in [1.165, 1.54) is 6.07 Å². The number of nitro benzene ring substituents is 1. The normalized spacial score (nSPS) is 12.8. The molecule has 3 rings (SSSR count). The maximum absolute atomic E-state index is 12.6. The largest absolute Gasteiger partial charge is 0.466 e. The van der Waals surface area contributed by atoms with Crippen LogP contribution in [0, 0.1) is 10.1 Å². The molecule has 6 nitrogen and oxygen atoms in total. The molecule has 2 atom stereocenters. The molecule has 0 bridgehead atoms. The van der Waals surface area contributed by atoms with Gasteiger partial charge in [-0.05, 0) is 30.5 Å². The van der Waals surface area contributed by atoms with E-state index in [2.05, 4.69) is 24.0 Å². The van der Waals surface area contributed by atoms with Crippen molar-refractivity contribution in [2.45, 2.75) is 38.9 Å². The Morgan fingerprint density at radius 3 is 2.22 bits per heavy atom. The van der Waals surface area contributed by atoms with Crippen molar-refractivity contribution in [1.29, 1.82) is 0 Å². The van der Waals surface area contributed by atoms with E-state index in [1.807, 2.05) is 54.6 Å². The highest BCUT2D eigenvalue weighted by molar-refractivity contribution is 5.70. The van der Waals surface area contributed by atoms with Gasteiger partial charge in [0.15, 0.2) is 0 Å². The van der Waals surface area contributed by atoms with E-state index < -0.39 is 11.0 Å². The lowest BCUT2D eigenvalue weighted by molar-refractivity contribution is -0.385. The molecule has 166 valence electrons. The monoisotopic (exact) mass is 432 g/mol. The average molecular weight is 433 g/mol. The van der Waals surface area contributed by atoms with Crippen LogP contribution in [0.1, 0.15) is 49.0 Å². The van der Waals surface area contributed by atoms with Crippen molar-refractivity contribution in [1.82, 2.24) is 4.90 Å². The summed E-state index contributed by atoms with van der Waals surface area (Å²) in [5.41, 5.74) is 2.91. The first-order chi connectivity index (χ1) is 15.5. The van der Waals surface area contributed by atoms with Gasteiger partial charge in [-0.25, -0.2) is 0 Å². The van der Waals surface area contributed by atoms with Crippen molar-refractivity contribution < 1.29 is 14.5 Å². The highest BCUT2D eigenvalue weighted by Gasteiger charge is 2.29. The van der Waals surface area contributed by atoms with Gasteiger partial charge in [0, 0.05) is 30.8 Å². The number of non-ortho nitro benzene ring substituents is 1. The fourth-order valence-corrected chi connectivity index (χ4v) is 3.88. The van der Waals surface area contributed by atoms with Crippen LogP contribution in [-0.4, -0.2) is 22.4 Å². The molecule has 0 spiro atoms. The number of nitrogens with zero attached hydrogens (tertiary/aromatic N) is 2. The summed E-state index contributed by atoms with van der Waals surface area (Å²) < 4.78 is 5.26. The van der Waals surface area contributed by atoms with Gasteiger partial charge in [0.2, 0.25) is 0 Å². The summed E-state index contributed by atoms with van der Waals surface area (Å²) in [7, 11) is 0. The zero-order valence-electron chi connectivity index (χ0n) is 18.4. The van der Waals surface area contributed by atoms with Gasteiger partial charge in [-0.3, -0.25) is 19.8 Å². The van der Waals surface area contributed by atoms with Crippen molar-refractivity contribution in [2.24, 2.45) is 0 Å². The molecule has 3 aromatic rings. The van der Waals surface area contributed by atoms with Crippen LogP contribution in [-0.2, 0) is 16.1 Å². The Bertz CT molecular complexity index is 1020. The van der Waals surface area contributed by atoms with E-state index in [1.54, 1.807) is 19.1 Å². The maximum atomic E-state index is 12.6. The van der Waals surface area contributed by atoms with E-state index >= 15 is 0 Å². The minimum absolute atomic E-state index is 0.00313. The molecule has 0 unspecified atom stereocenters. The average Bonchev–Trinajstić information content (AvgIpc) is 2.82. The Balaban J connectivity index is 2.07. The molecule has 0 aromatic heterocycles. The molecule has 0 saturated carbocycles. The number of nitro groups is 1. The number of hydrogen-bond donors (Lipinski definition) is 0. The van der Waals surface area contributed by atoms with Crippen molar-refractivity contribution >= 4 is 11.7 Å². The molecule has 6 heteroatoms. The zero-order valence-corrected chi connectivity index (χ0v) is 18.4. The number of carbonyl (C=O) groups excluding carboxylic acids is 1. The molecule has 0 heterocycles. The molecular formula is C26H28N2O4. The zero-order chi connectivity index (χ0) is 22.9. The molecule has 32 heavy (non-hydrogen) atoms. The van der Waals surface area contributed by atoms with Crippen LogP contribution >= 0.6 is 0 Å². The predicted molar refractivity (Wildman–Crippen MR) is 124 cm³/mol. The van der Waals surface area contributed by atoms with Crippen molar-refractivity contribution in [3.05, 3.63) is 112 Å². The van der Waals surface area contributed by atoms with Crippen molar-refractivity contribution in [2.75, 3.05) is 6.61 Å². The Morgan fingerprint density at radius 1 is 0.969 bits per heavy atom. The Kier molecular flexibility index (Phi) is 8.11. The van der Waals surface area contributed by atoms with Gasteiger partial charge in [0.25, 0.3) is 5.69 Å². The number of benzene rings is 3. The molecule has 0 aliphatic heterocycles. The SMILES string of the molecule is CCOC(=O)C[C@@H](c1cccc([N+](=O)[O-])c1)N(Cc1ccccc1)[C@H](C)c1ccccc1. The fraction of sp³-hybridized carbons (Fsp3) is 0.269. The van der Waals surface area contributed by atoms with Gasteiger partial charge in [-0.15, -0.1) is 0 Å². The Labute approximate surface area is 188 Å². The van der Waals surface area contributed by atoms with Gasteiger partial charge in [0.05, 0.1) is 18.0 Å². The number of hydrogen-bond acceptors (Lipinski definition) is 5. The quantitative estimate of drug-likeness (QED) is 0.228. The first kappa shape index (κ1) is 23.2. The summed E-state index contributed by atoms with van der Waals surface area (Å²) in [6.45, 7) is 4.72. The number of esters is 1.